The van der Waals surface area contributed by atoms with Crippen molar-refractivity contribution >= 4 is 23.0 Å². The molecule has 6 heteroatoms. The second-order valence-corrected chi connectivity index (χ2v) is 5.29. The van der Waals surface area contributed by atoms with Gasteiger partial charge in [0.25, 0.3) is 0 Å². The van der Waals surface area contributed by atoms with Crippen LogP contribution in [0.4, 0.5) is 4.79 Å². The van der Waals surface area contributed by atoms with Gasteiger partial charge >= 0.3 is 6.09 Å². The topological polar surface area (TPSA) is 45.1 Å². The van der Waals surface area contributed by atoms with Crippen LogP contribution >= 0.6 is 11.8 Å². The standard InChI is InChI=1S/C12H23N3O2S/c1-8-13-10(18-7)14(6)15(9-2)11(16)17-12(3,4)5/h8H,1,9H2,2-7H3/b13-10+. The van der Waals surface area contributed by atoms with Gasteiger partial charge in [0.15, 0.2) is 5.17 Å². The number of ether oxygens (including phenoxy) is 1. The summed E-state index contributed by atoms with van der Waals surface area (Å²) in [5.41, 5.74) is -0.513. The molecule has 0 aliphatic carbocycles. The minimum Gasteiger partial charge on any atom is -0.442 e. The van der Waals surface area contributed by atoms with Crippen LogP contribution in [0.25, 0.3) is 0 Å². The van der Waals surface area contributed by atoms with Crippen LogP contribution in [0.2, 0.25) is 0 Å². The first-order valence-corrected chi connectivity index (χ1v) is 6.96. The Bertz CT molecular complexity index is 324. The Balaban J connectivity index is 4.91. The van der Waals surface area contributed by atoms with Crippen LogP contribution < -0.4 is 0 Å². The van der Waals surface area contributed by atoms with E-state index in [4.69, 9.17) is 4.74 Å². The van der Waals surface area contributed by atoms with Crippen LogP contribution in [-0.2, 0) is 4.74 Å². The molecule has 0 bridgehead atoms. The quantitative estimate of drug-likeness (QED) is 0.441. The second-order valence-electron chi connectivity index (χ2n) is 4.52. The summed E-state index contributed by atoms with van der Waals surface area (Å²) in [7, 11) is 1.77. The minimum absolute atomic E-state index is 0.390. The van der Waals surface area contributed by atoms with Crippen LogP contribution in [0, 0.1) is 0 Å². The van der Waals surface area contributed by atoms with Gasteiger partial charge in [-0.15, -0.1) is 0 Å². The van der Waals surface area contributed by atoms with E-state index in [9.17, 15) is 4.79 Å². The number of nitrogens with zero attached hydrogens (tertiary/aromatic N) is 3. The molecule has 0 atom stereocenters. The van der Waals surface area contributed by atoms with E-state index in [2.05, 4.69) is 11.6 Å². The van der Waals surface area contributed by atoms with Gasteiger partial charge in [0.1, 0.15) is 5.60 Å². The fourth-order valence-corrected chi connectivity index (χ4v) is 1.77. The third-order valence-corrected chi connectivity index (χ3v) is 2.66. The first kappa shape index (κ1) is 16.8. The summed E-state index contributed by atoms with van der Waals surface area (Å²) in [6.45, 7) is 11.5. The summed E-state index contributed by atoms with van der Waals surface area (Å²) in [4.78, 5) is 16.1. The lowest BCUT2D eigenvalue weighted by atomic mass is 10.2. The molecule has 0 aliphatic rings. The maximum atomic E-state index is 12.0. The molecule has 0 rings (SSSR count). The fraction of sp³-hybridized carbons (Fsp3) is 0.667. The molecular weight excluding hydrogens is 250 g/mol. The SMILES string of the molecule is C=C/N=C(/SC)N(C)N(CC)C(=O)OC(C)(C)C. The molecule has 0 unspecified atom stereocenters. The van der Waals surface area contributed by atoms with E-state index < -0.39 is 11.7 Å². The van der Waals surface area contributed by atoms with Crippen molar-refractivity contribution < 1.29 is 9.53 Å². The highest BCUT2D eigenvalue weighted by molar-refractivity contribution is 8.13. The third-order valence-electron chi connectivity index (χ3n) is 1.93. The monoisotopic (exact) mass is 273 g/mol. The molecule has 1 amide bonds. The number of hydrogen-bond donors (Lipinski definition) is 0. The Morgan fingerprint density at radius 2 is 2.06 bits per heavy atom. The van der Waals surface area contributed by atoms with Gasteiger partial charge in [-0.2, -0.15) is 0 Å². The van der Waals surface area contributed by atoms with Gasteiger partial charge in [-0.1, -0.05) is 18.3 Å². The van der Waals surface area contributed by atoms with Gasteiger partial charge < -0.3 is 4.74 Å². The van der Waals surface area contributed by atoms with Crippen LogP contribution in [0.3, 0.4) is 0 Å². The molecule has 104 valence electrons. The van der Waals surface area contributed by atoms with Crippen molar-refractivity contribution in [3.63, 3.8) is 0 Å². The van der Waals surface area contributed by atoms with Gasteiger partial charge in [-0.25, -0.2) is 14.8 Å². The zero-order valence-corrected chi connectivity index (χ0v) is 12.9. The average molecular weight is 273 g/mol. The average Bonchev–Trinajstić information content (AvgIpc) is 2.24. The number of thioether (sulfide) groups is 1. The molecule has 0 fully saturated rings. The number of amides is 1. The molecule has 0 spiro atoms. The molecule has 18 heavy (non-hydrogen) atoms. The smallest absolute Gasteiger partial charge is 0.429 e. The summed E-state index contributed by atoms with van der Waals surface area (Å²) in [6.07, 6.45) is 2.95. The molecule has 0 N–H and O–H groups in total. The van der Waals surface area contributed by atoms with Gasteiger partial charge in [0.05, 0.1) is 0 Å². The summed E-state index contributed by atoms with van der Waals surface area (Å²) < 4.78 is 5.34. The number of aliphatic imine (C=N–C) groups is 1. The fourth-order valence-electron chi connectivity index (χ4n) is 1.23. The van der Waals surface area contributed by atoms with E-state index in [-0.39, 0.29) is 0 Å². The first-order chi connectivity index (χ1) is 8.26. The van der Waals surface area contributed by atoms with Gasteiger partial charge in [-0.05, 0) is 34.0 Å². The number of hydrogen-bond acceptors (Lipinski definition) is 4. The summed E-state index contributed by atoms with van der Waals surface area (Å²) in [5, 5.41) is 3.84. The highest BCUT2D eigenvalue weighted by Gasteiger charge is 2.25. The van der Waals surface area contributed by atoms with Crippen LogP contribution in [0.5, 0.6) is 0 Å². The van der Waals surface area contributed by atoms with Crippen LogP contribution in [0.15, 0.2) is 17.8 Å². The molecular formula is C12H23N3O2S. The summed E-state index contributed by atoms with van der Waals surface area (Å²) >= 11 is 1.44. The molecule has 0 aromatic heterocycles. The van der Waals surface area contributed by atoms with Gasteiger partial charge in [0.2, 0.25) is 0 Å². The molecule has 5 nitrogen and oxygen atoms in total. The zero-order valence-electron chi connectivity index (χ0n) is 12.1. The Morgan fingerprint density at radius 3 is 2.39 bits per heavy atom. The van der Waals surface area contributed by atoms with E-state index >= 15 is 0 Å². The molecule has 0 aromatic carbocycles. The van der Waals surface area contributed by atoms with Crippen LogP contribution in [0.1, 0.15) is 27.7 Å². The normalized spacial score (nSPS) is 12.0. The lowest BCUT2D eigenvalue weighted by Gasteiger charge is -2.33. The lowest BCUT2D eigenvalue weighted by molar-refractivity contribution is -0.00997. The van der Waals surface area contributed by atoms with Crippen molar-refractivity contribution in [3.05, 3.63) is 12.8 Å². The molecule has 0 radical (unpaired) electrons. The Labute approximate surface area is 114 Å². The van der Waals surface area contributed by atoms with Gasteiger partial charge in [0, 0.05) is 19.8 Å². The maximum Gasteiger partial charge on any atom is 0.429 e. The molecule has 0 heterocycles. The van der Waals surface area contributed by atoms with E-state index in [1.807, 2.05) is 34.0 Å². The summed E-state index contributed by atoms with van der Waals surface area (Å²) in [5.74, 6) is 0. The molecule has 0 saturated heterocycles. The predicted molar refractivity (Wildman–Crippen MR) is 77.5 cm³/mol. The van der Waals surface area contributed by atoms with Crippen molar-refractivity contribution in [3.8, 4) is 0 Å². The molecule has 0 aromatic rings. The molecule has 0 saturated carbocycles. The van der Waals surface area contributed by atoms with E-state index in [1.165, 1.54) is 23.0 Å². The van der Waals surface area contributed by atoms with Crippen molar-refractivity contribution in [1.29, 1.82) is 0 Å². The summed E-state index contributed by atoms with van der Waals surface area (Å²) in [6, 6.07) is 0. The second kappa shape index (κ2) is 7.31. The number of carbonyl (C=O) groups excluding carboxylic acids is 1. The van der Waals surface area contributed by atoms with E-state index in [1.54, 1.807) is 12.1 Å². The highest BCUT2D eigenvalue weighted by atomic mass is 32.2. The lowest BCUT2D eigenvalue weighted by Crippen LogP contribution is -2.48. The Kier molecular flexibility index (Phi) is 6.83. The number of rotatable bonds is 2. The number of amidine groups is 1. The highest BCUT2D eigenvalue weighted by Crippen LogP contribution is 2.13. The Morgan fingerprint density at radius 1 is 1.50 bits per heavy atom. The Hall–Kier alpha value is -1.17. The van der Waals surface area contributed by atoms with Crippen molar-refractivity contribution in [2.45, 2.75) is 33.3 Å². The van der Waals surface area contributed by atoms with Crippen molar-refractivity contribution in [2.75, 3.05) is 19.8 Å². The zero-order chi connectivity index (χ0) is 14.3. The van der Waals surface area contributed by atoms with Crippen molar-refractivity contribution in [1.82, 2.24) is 10.0 Å². The number of hydrazine groups is 1. The predicted octanol–water partition coefficient (Wildman–Crippen LogP) is 2.95. The van der Waals surface area contributed by atoms with E-state index in [0.29, 0.717) is 11.7 Å². The first-order valence-electron chi connectivity index (χ1n) is 5.73. The van der Waals surface area contributed by atoms with Crippen LogP contribution in [-0.4, -0.2) is 46.7 Å². The number of carbonyl (C=O) groups is 1. The maximum absolute atomic E-state index is 12.0. The van der Waals surface area contributed by atoms with Crippen molar-refractivity contribution in [2.24, 2.45) is 4.99 Å². The minimum atomic E-state index is -0.513. The largest absolute Gasteiger partial charge is 0.442 e. The third kappa shape index (κ3) is 5.44. The molecule has 0 aliphatic heterocycles. The van der Waals surface area contributed by atoms with E-state index in [0.717, 1.165) is 0 Å². The van der Waals surface area contributed by atoms with Gasteiger partial charge in [-0.3, -0.25) is 5.01 Å².